The van der Waals surface area contributed by atoms with Crippen LogP contribution in [0.4, 0.5) is 0 Å². The molecular formula is C9H8BrClO3. The van der Waals surface area contributed by atoms with Crippen LogP contribution >= 0.6 is 27.5 Å². The molecule has 0 N–H and O–H groups in total. The van der Waals surface area contributed by atoms with E-state index in [1.54, 1.807) is 6.92 Å². The Morgan fingerprint density at radius 3 is 2.57 bits per heavy atom. The lowest BCUT2D eigenvalue weighted by atomic mass is 9.99. The van der Waals surface area contributed by atoms with Gasteiger partial charge in [-0.2, -0.15) is 0 Å². The summed E-state index contributed by atoms with van der Waals surface area (Å²) in [6.45, 7) is 2.94. The van der Waals surface area contributed by atoms with Gasteiger partial charge < -0.3 is 4.74 Å². The van der Waals surface area contributed by atoms with E-state index in [1.165, 1.54) is 19.1 Å². The molecule has 0 aromatic rings. The molecule has 76 valence electrons. The summed E-state index contributed by atoms with van der Waals surface area (Å²) in [6, 6.07) is 0. The molecule has 0 fully saturated rings. The van der Waals surface area contributed by atoms with Gasteiger partial charge in [0.15, 0.2) is 0 Å². The van der Waals surface area contributed by atoms with Gasteiger partial charge in [-0.05, 0) is 35.0 Å². The molecule has 0 spiro atoms. The van der Waals surface area contributed by atoms with Gasteiger partial charge in [-0.15, -0.1) is 0 Å². The Kier molecular flexibility index (Phi) is 3.17. The molecule has 0 amide bonds. The Hall–Kier alpha value is -0.610. The van der Waals surface area contributed by atoms with Crippen LogP contribution < -0.4 is 0 Å². The van der Waals surface area contributed by atoms with Crippen LogP contribution in [0.1, 0.15) is 13.8 Å². The first kappa shape index (κ1) is 11.5. The average molecular weight is 280 g/mol. The highest BCUT2D eigenvalue weighted by Gasteiger charge is 2.31. The van der Waals surface area contributed by atoms with Crippen molar-refractivity contribution in [3.63, 3.8) is 0 Å². The van der Waals surface area contributed by atoms with Gasteiger partial charge in [0, 0.05) is 6.92 Å². The van der Waals surface area contributed by atoms with Crippen molar-refractivity contribution in [1.29, 1.82) is 0 Å². The number of carbonyl (C=O) groups excluding carboxylic acids is 2. The van der Waals surface area contributed by atoms with Crippen molar-refractivity contribution in [2.45, 2.75) is 19.4 Å². The lowest BCUT2D eigenvalue weighted by Gasteiger charge is -2.25. The fourth-order valence-electron chi connectivity index (χ4n) is 1.16. The summed E-state index contributed by atoms with van der Waals surface area (Å²) in [4.78, 5) is 22.0. The third kappa shape index (κ3) is 2.45. The summed E-state index contributed by atoms with van der Waals surface area (Å²) in [6.07, 6.45) is 2.91. The van der Waals surface area contributed by atoms with Gasteiger partial charge in [0.25, 0.3) is 0 Å². The normalized spacial score (nSPS) is 26.7. The Morgan fingerprint density at radius 1 is 1.57 bits per heavy atom. The Balaban J connectivity index is 3.02. The topological polar surface area (TPSA) is 43.4 Å². The minimum Gasteiger partial charge on any atom is -0.451 e. The maximum Gasteiger partial charge on any atom is 0.303 e. The second-order valence-corrected chi connectivity index (χ2v) is 4.35. The molecule has 0 saturated heterocycles. The van der Waals surface area contributed by atoms with Crippen molar-refractivity contribution in [3.05, 3.63) is 21.7 Å². The Morgan fingerprint density at radius 2 is 2.14 bits per heavy atom. The van der Waals surface area contributed by atoms with Crippen LogP contribution in [0.25, 0.3) is 0 Å². The molecule has 1 unspecified atom stereocenters. The van der Waals surface area contributed by atoms with Gasteiger partial charge in [0.05, 0.1) is 9.51 Å². The van der Waals surface area contributed by atoms with Crippen LogP contribution in [0.15, 0.2) is 21.7 Å². The predicted octanol–water partition coefficient (Wildman–Crippen LogP) is 2.29. The summed E-state index contributed by atoms with van der Waals surface area (Å²) < 4.78 is 5.31. The molecule has 1 atom stereocenters. The molecule has 14 heavy (non-hydrogen) atoms. The van der Waals surface area contributed by atoms with Crippen LogP contribution in [0.2, 0.25) is 0 Å². The van der Waals surface area contributed by atoms with E-state index in [-0.39, 0.29) is 10.8 Å². The highest BCUT2D eigenvalue weighted by molar-refractivity contribution is 9.12. The lowest BCUT2D eigenvalue weighted by Crippen LogP contribution is -2.30. The van der Waals surface area contributed by atoms with Crippen LogP contribution in [0.3, 0.4) is 0 Å². The van der Waals surface area contributed by atoms with E-state index in [9.17, 15) is 9.59 Å². The smallest absolute Gasteiger partial charge is 0.303 e. The monoisotopic (exact) mass is 278 g/mol. The number of esters is 1. The highest BCUT2D eigenvalue weighted by Crippen LogP contribution is 2.30. The fourth-order valence-corrected chi connectivity index (χ4v) is 2.26. The molecule has 3 nitrogen and oxygen atoms in total. The summed E-state index contributed by atoms with van der Waals surface area (Å²) >= 11 is 8.73. The summed E-state index contributed by atoms with van der Waals surface area (Å²) in [7, 11) is 0. The van der Waals surface area contributed by atoms with Crippen LogP contribution in [0.5, 0.6) is 0 Å². The van der Waals surface area contributed by atoms with Gasteiger partial charge in [-0.1, -0.05) is 11.6 Å². The van der Waals surface area contributed by atoms with E-state index in [0.717, 1.165) is 0 Å². The Labute approximate surface area is 94.9 Å². The quantitative estimate of drug-likeness (QED) is 0.692. The van der Waals surface area contributed by atoms with E-state index in [0.29, 0.717) is 4.48 Å². The number of Topliss-reactive ketones (excluding diaryl/α,β-unsaturated/α-hetero) is 1. The zero-order valence-corrected chi connectivity index (χ0v) is 9.98. The summed E-state index contributed by atoms with van der Waals surface area (Å²) in [5.74, 6) is -0.740. The first-order valence-electron chi connectivity index (χ1n) is 3.85. The van der Waals surface area contributed by atoms with Crippen LogP contribution in [-0.4, -0.2) is 17.4 Å². The second kappa shape index (κ2) is 3.87. The molecule has 1 aliphatic carbocycles. The standard InChI is InChI=1S/C9H8BrClO3/c1-5(12)14-9(2)3-6(10)8(13)7(11)4-9/h3-4H,1-2H3. The fraction of sp³-hybridized carbons (Fsp3) is 0.333. The molecular weight excluding hydrogens is 271 g/mol. The molecule has 0 aromatic heterocycles. The molecule has 5 heteroatoms. The zero-order valence-electron chi connectivity index (χ0n) is 7.64. The zero-order chi connectivity index (χ0) is 10.9. The van der Waals surface area contributed by atoms with Crippen molar-refractivity contribution < 1.29 is 14.3 Å². The van der Waals surface area contributed by atoms with Gasteiger partial charge in [-0.3, -0.25) is 9.59 Å². The van der Waals surface area contributed by atoms with Crippen molar-refractivity contribution in [1.82, 2.24) is 0 Å². The number of carbonyl (C=O) groups is 2. The minimum absolute atomic E-state index is 0.0446. The number of ether oxygens (including phenoxy) is 1. The van der Waals surface area contributed by atoms with Crippen molar-refractivity contribution >= 4 is 39.3 Å². The van der Waals surface area contributed by atoms with Crippen molar-refractivity contribution in [3.8, 4) is 0 Å². The maximum absolute atomic E-state index is 11.2. The molecule has 0 radical (unpaired) electrons. The van der Waals surface area contributed by atoms with Crippen molar-refractivity contribution in [2.24, 2.45) is 0 Å². The second-order valence-electron chi connectivity index (χ2n) is 3.09. The van der Waals surface area contributed by atoms with Crippen LogP contribution in [0, 0.1) is 0 Å². The lowest BCUT2D eigenvalue weighted by molar-refractivity contribution is -0.148. The van der Waals surface area contributed by atoms with Crippen molar-refractivity contribution in [2.75, 3.05) is 0 Å². The first-order valence-corrected chi connectivity index (χ1v) is 5.02. The molecule has 1 aliphatic rings. The Bertz CT molecular complexity index is 335. The molecule has 0 saturated carbocycles. The number of halogens is 2. The predicted molar refractivity (Wildman–Crippen MR) is 56.1 cm³/mol. The van der Waals surface area contributed by atoms with Gasteiger partial charge in [0.2, 0.25) is 5.78 Å². The summed E-state index contributed by atoms with van der Waals surface area (Å²) in [5, 5.41) is 0.0446. The largest absolute Gasteiger partial charge is 0.451 e. The maximum atomic E-state index is 11.2. The number of ketones is 1. The van der Waals surface area contributed by atoms with E-state index in [2.05, 4.69) is 15.9 Å². The van der Waals surface area contributed by atoms with Gasteiger partial charge in [-0.25, -0.2) is 0 Å². The number of hydrogen-bond donors (Lipinski definition) is 0. The molecule has 0 heterocycles. The van der Waals surface area contributed by atoms with Crippen LogP contribution in [-0.2, 0) is 14.3 Å². The van der Waals surface area contributed by atoms with E-state index >= 15 is 0 Å². The van der Waals surface area contributed by atoms with E-state index in [4.69, 9.17) is 16.3 Å². The van der Waals surface area contributed by atoms with E-state index in [1.807, 2.05) is 0 Å². The number of hydrogen-bond acceptors (Lipinski definition) is 3. The third-order valence-electron chi connectivity index (χ3n) is 1.62. The highest BCUT2D eigenvalue weighted by atomic mass is 79.9. The average Bonchev–Trinajstić information content (AvgIpc) is 1.97. The molecule has 0 aliphatic heterocycles. The van der Waals surface area contributed by atoms with Gasteiger partial charge >= 0.3 is 5.97 Å². The SMILES string of the molecule is CC(=O)OC1(C)C=C(Cl)C(=O)C(Br)=C1. The first-order chi connectivity index (χ1) is 6.34. The molecule has 0 aromatic carbocycles. The number of allylic oxidation sites excluding steroid dienone is 2. The minimum atomic E-state index is -0.949. The summed E-state index contributed by atoms with van der Waals surface area (Å²) in [5.41, 5.74) is -0.949. The van der Waals surface area contributed by atoms with E-state index < -0.39 is 11.6 Å². The molecule has 1 rings (SSSR count). The molecule has 0 bridgehead atoms. The third-order valence-corrected chi connectivity index (χ3v) is 2.49. The number of rotatable bonds is 1. The van der Waals surface area contributed by atoms with Gasteiger partial charge in [0.1, 0.15) is 5.60 Å².